The minimum absolute atomic E-state index is 0.0307. The Bertz CT molecular complexity index is 761. The number of likely N-dealkylation sites (N-methyl/N-ethyl adjacent to an activating group) is 1. The first kappa shape index (κ1) is 22.2. The van der Waals surface area contributed by atoms with E-state index in [1.807, 2.05) is 21.0 Å². The minimum Gasteiger partial charge on any atom is -0.375 e. The summed E-state index contributed by atoms with van der Waals surface area (Å²) in [5.41, 5.74) is 3.57. The van der Waals surface area contributed by atoms with Gasteiger partial charge in [0.25, 0.3) is 0 Å². The lowest BCUT2D eigenvalue weighted by Crippen LogP contribution is -2.42. The third kappa shape index (κ3) is 6.21. The van der Waals surface area contributed by atoms with E-state index < -0.39 is 0 Å². The molecule has 28 heavy (non-hydrogen) atoms. The molecule has 0 saturated heterocycles. The number of benzene rings is 1. The molecule has 2 aromatic rings. The molecular formula is C21H33N5OS. The molecule has 0 aliphatic rings. The number of nitrogens with one attached hydrogen (secondary N) is 1. The summed E-state index contributed by atoms with van der Waals surface area (Å²) in [6.07, 6.45) is 0.0307. The van der Waals surface area contributed by atoms with E-state index in [1.54, 1.807) is 18.4 Å². The first-order chi connectivity index (χ1) is 13.5. The lowest BCUT2D eigenvalue weighted by atomic mass is 10.2. The van der Waals surface area contributed by atoms with Crippen LogP contribution in [0.25, 0.3) is 0 Å². The number of ether oxygens (including phenoxy) is 1. The molecule has 0 radical (unpaired) electrons. The molecule has 0 bridgehead atoms. The summed E-state index contributed by atoms with van der Waals surface area (Å²) >= 11 is 1.64. The van der Waals surface area contributed by atoms with Gasteiger partial charge in [0.1, 0.15) is 11.1 Å². The van der Waals surface area contributed by atoms with E-state index in [-0.39, 0.29) is 6.10 Å². The normalized spacial score (nSPS) is 12.7. The molecule has 0 saturated carbocycles. The molecule has 154 valence electrons. The number of rotatable bonds is 9. The van der Waals surface area contributed by atoms with Crippen molar-refractivity contribution in [3.8, 4) is 0 Å². The Kier molecular flexibility index (Phi) is 8.73. The Morgan fingerprint density at radius 2 is 2.18 bits per heavy atom. The molecule has 0 fully saturated rings. The highest BCUT2D eigenvalue weighted by atomic mass is 32.1. The summed E-state index contributed by atoms with van der Waals surface area (Å²) in [6, 6.07) is 8.63. The SMILES string of the molecule is CCN(CCNC(=NC)N(C)Cc1csc(C(C)OC)n1)c1cccc(C)c1. The van der Waals surface area contributed by atoms with E-state index in [1.165, 1.54) is 11.3 Å². The summed E-state index contributed by atoms with van der Waals surface area (Å²) in [5, 5.41) is 6.56. The van der Waals surface area contributed by atoms with Crippen molar-refractivity contribution in [3.63, 3.8) is 0 Å². The van der Waals surface area contributed by atoms with Gasteiger partial charge in [0.05, 0.1) is 12.2 Å². The first-order valence-electron chi connectivity index (χ1n) is 9.69. The van der Waals surface area contributed by atoms with Crippen LogP contribution in [0.4, 0.5) is 5.69 Å². The zero-order chi connectivity index (χ0) is 20.5. The number of hydrogen-bond donors (Lipinski definition) is 1. The van der Waals surface area contributed by atoms with E-state index >= 15 is 0 Å². The Morgan fingerprint density at radius 3 is 2.82 bits per heavy atom. The van der Waals surface area contributed by atoms with Crippen LogP contribution in [-0.2, 0) is 11.3 Å². The van der Waals surface area contributed by atoms with Crippen LogP contribution in [0.15, 0.2) is 34.6 Å². The Balaban J connectivity index is 1.88. The van der Waals surface area contributed by atoms with Crippen LogP contribution >= 0.6 is 11.3 Å². The van der Waals surface area contributed by atoms with Crippen LogP contribution in [0.3, 0.4) is 0 Å². The van der Waals surface area contributed by atoms with Crippen molar-refractivity contribution in [1.29, 1.82) is 0 Å². The number of aryl methyl sites for hydroxylation is 1. The van der Waals surface area contributed by atoms with Gasteiger partial charge in [0, 0.05) is 51.9 Å². The Morgan fingerprint density at radius 1 is 1.39 bits per heavy atom. The molecule has 1 N–H and O–H groups in total. The van der Waals surface area contributed by atoms with E-state index in [0.29, 0.717) is 6.54 Å². The van der Waals surface area contributed by atoms with E-state index in [4.69, 9.17) is 4.74 Å². The maximum absolute atomic E-state index is 5.35. The number of aromatic nitrogens is 1. The highest BCUT2D eigenvalue weighted by Crippen LogP contribution is 2.21. The topological polar surface area (TPSA) is 53.0 Å². The molecule has 2 rings (SSSR count). The lowest BCUT2D eigenvalue weighted by Gasteiger charge is -2.26. The van der Waals surface area contributed by atoms with E-state index in [2.05, 4.69) is 68.6 Å². The van der Waals surface area contributed by atoms with E-state index in [9.17, 15) is 0 Å². The average Bonchev–Trinajstić information content (AvgIpc) is 3.16. The van der Waals surface area contributed by atoms with Gasteiger partial charge in [-0.2, -0.15) is 0 Å². The number of methoxy groups -OCH3 is 1. The van der Waals surface area contributed by atoms with Crippen molar-refractivity contribution in [1.82, 2.24) is 15.2 Å². The van der Waals surface area contributed by atoms with Crippen LogP contribution in [0, 0.1) is 6.92 Å². The van der Waals surface area contributed by atoms with E-state index in [0.717, 1.165) is 36.3 Å². The third-order valence-electron chi connectivity index (χ3n) is 4.66. The molecule has 1 heterocycles. The minimum atomic E-state index is 0.0307. The predicted octanol–water partition coefficient (Wildman–Crippen LogP) is 3.69. The molecule has 0 amide bonds. The molecule has 1 unspecified atom stereocenters. The van der Waals surface area contributed by atoms with Gasteiger partial charge in [-0.25, -0.2) is 4.98 Å². The van der Waals surface area contributed by atoms with Crippen molar-refractivity contribution >= 4 is 23.0 Å². The molecule has 1 aromatic heterocycles. The molecular weight excluding hydrogens is 370 g/mol. The number of hydrogen-bond acceptors (Lipinski definition) is 5. The zero-order valence-electron chi connectivity index (χ0n) is 17.9. The number of nitrogens with zero attached hydrogens (tertiary/aromatic N) is 4. The highest BCUT2D eigenvalue weighted by Gasteiger charge is 2.13. The van der Waals surface area contributed by atoms with Gasteiger partial charge >= 0.3 is 0 Å². The average molecular weight is 404 g/mol. The number of thiazole rings is 1. The first-order valence-corrected chi connectivity index (χ1v) is 10.6. The van der Waals surface area contributed by atoms with Gasteiger partial charge in [-0.05, 0) is 38.5 Å². The summed E-state index contributed by atoms with van der Waals surface area (Å²) < 4.78 is 5.35. The molecule has 6 nitrogen and oxygen atoms in total. The lowest BCUT2D eigenvalue weighted by molar-refractivity contribution is 0.119. The summed E-state index contributed by atoms with van der Waals surface area (Å²) in [6.45, 7) is 9.75. The highest BCUT2D eigenvalue weighted by molar-refractivity contribution is 7.09. The van der Waals surface area contributed by atoms with Crippen molar-refractivity contribution in [2.75, 3.05) is 45.7 Å². The number of guanidine groups is 1. The molecule has 1 aromatic carbocycles. The molecule has 0 aliphatic heterocycles. The van der Waals surface area contributed by atoms with Gasteiger partial charge in [-0.15, -0.1) is 11.3 Å². The third-order valence-corrected chi connectivity index (χ3v) is 5.71. The van der Waals surface area contributed by atoms with Crippen LogP contribution in [-0.4, -0.2) is 56.7 Å². The van der Waals surface area contributed by atoms with Crippen molar-refractivity contribution in [3.05, 3.63) is 45.9 Å². The fourth-order valence-electron chi connectivity index (χ4n) is 2.98. The second-order valence-corrected chi connectivity index (χ2v) is 7.69. The fourth-order valence-corrected chi connectivity index (χ4v) is 3.82. The van der Waals surface area contributed by atoms with Crippen LogP contribution < -0.4 is 10.2 Å². The maximum atomic E-state index is 5.35. The number of anilines is 1. The van der Waals surface area contributed by atoms with Crippen molar-refractivity contribution < 1.29 is 4.74 Å². The second kappa shape index (κ2) is 11.0. The smallest absolute Gasteiger partial charge is 0.193 e. The second-order valence-electron chi connectivity index (χ2n) is 6.80. The largest absolute Gasteiger partial charge is 0.375 e. The summed E-state index contributed by atoms with van der Waals surface area (Å²) in [4.78, 5) is 13.5. The van der Waals surface area contributed by atoms with Crippen LogP contribution in [0.2, 0.25) is 0 Å². The summed E-state index contributed by atoms with van der Waals surface area (Å²) in [7, 11) is 5.56. The van der Waals surface area contributed by atoms with Crippen molar-refractivity contribution in [2.24, 2.45) is 4.99 Å². The fraction of sp³-hybridized carbons (Fsp3) is 0.524. The van der Waals surface area contributed by atoms with Gasteiger partial charge in [-0.1, -0.05) is 12.1 Å². The molecule has 1 atom stereocenters. The van der Waals surface area contributed by atoms with Gasteiger partial charge in [-0.3, -0.25) is 4.99 Å². The van der Waals surface area contributed by atoms with Crippen LogP contribution in [0.5, 0.6) is 0 Å². The number of aliphatic imine (C=N–C) groups is 1. The Hall–Kier alpha value is -2.12. The predicted molar refractivity (Wildman–Crippen MR) is 119 cm³/mol. The molecule has 0 spiro atoms. The zero-order valence-corrected chi connectivity index (χ0v) is 18.7. The van der Waals surface area contributed by atoms with Gasteiger partial charge in [0.2, 0.25) is 0 Å². The Labute approximate surface area is 173 Å². The van der Waals surface area contributed by atoms with Crippen LogP contribution in [0.1, 0.15) is 36.2 Å². The summed E-state index contributed by atoms with van der Waals surface area (Å²) in [5.74, 6) is 0.870. The van der Waals surface area contributed by atoms with Gasteiger partial charge < -0.3 is 19.9 Å². The maximum Gasteiger partial charge on any atom is 0.193 e. The van der Waals surface area contributed by atoms with Gasteiger partial charge in [0.15, 0.2) is 5.96 Å². The molecule has 7 heteroatoms. The molecule has 0 aliphatic carbocycles. The standard InChI is InChI=1S/C21H33N5OS/c1-7-26(19-10-8-9-16(2)13-19)12-11-23-21(22-4)25(5)14-18-15-28-20(24-18)17(3)27-6/h8-10,13,15,17H,7,11-12,14H2,1-6H3,(H,22,23). The van der Waals surface area contributed by atoms with Crippen molar-refractivity contribution in [2.45, 2.75) is 33.4 Å². The monoisotopic (exact) mass is 403 g/mol. The quantitative estimate of drug-likeness (QED) is 0.511.